The van der Waals surface area contributed by atoms with Crippen LogP contribution in [0.25, 0.3) is 0 Å². The van der Waals surface area contributed by atoms with Crippen LogP contribution in [-0.4, -0.2) is 36.6 Å². The van der Waals surface area contributed by atoms with Gasteiger partial charge in [0.1, 0.15) is 0 Å². The van der Waals surface area contributed by atoms with Crippen molar-refractivity contribution in [1.29, 1.82) is 0 Å². The highest BCUT2D eigenvalue weighted by atomic mass is 16.4. The Labute approximate surface area is 61.0 Å². The molecular weight excluding hydrogens is 130 g/mol. The molecule has 0 amide bonds. The number of hydrogen-bond donors (Lipinski definition) is 1. The number of carboxylic acid groups (broad SMARTS) is 1. The number of carbonyl (C=O) groups is 1. The van der Waals surface area contributed by atoms with Crippen LogP contribution in [0.3, 0.4) is 0 Å². The van der Waals surface area contributed by atoms with E-state index in [0.717, 1.165) is 6.54 Å². The summed E-state index contributed by atoms with van der Waals surface area (Å²) in [5, 5.41) is 8.21. The highest BCUT2D eigenvalue weighted by molar-refractivity contribution is 5.68. The Hall–Kier alpha value is -0.830. The molecule has 0 saturated carbocycles. The Bertz CT molecular complexity index is 130. The fraction of sp³-hybridized carbons (Fsp3) is 0.571. The predicted molar refractivity (Wildman–Crippen MR) is 39.9 cm³/mol. The minimum Gasteiger partial charge on any atom is -0.481 e. The standard InChI is InChI=1S/C7H13NO2/c1-8(2)6-4-3-5-7(9)10/h3-4H,5-6H2,1-2H3,(H,9,10)/b4-3+. The fourth-order valence-corrected chi connectivity index (χ4v) is 0.470. The topological polar surface area (TPSA) is 40.5 Å². The van der Waals surface area contributed by atoms with E-state index >= 15 is 0 Å². The van der Waals surface area contributed by atoms with Crippen molar-refractivity contribution in [3.63, 3.8) is 0 Å². The molecule has 0 aliphatic heterocycles. The first-order chi connectivity index (χ1) is 4.63. The van der Waals surface area contributed by atoms with E-state index < -0.39 is 5.97 Å². The van der Waals surface area contributed by atoms with Gasteiger partial charge in [0, 0.05) is 6.54 Å². The van der Waals surface area contributed by atoms with Gasteiger partial charge >= 0.3 is 5.97 Å². The third kappa shape index (κ3) is 7.17. The van der Waals surface area contributed by atoms with Gasteiger partial charge in [0.2, 0.25) is 0 Å². The van der Waals surface area contributed by atoms with E-state index in [0.29, 0.717) is 0 Å². The highest BCUT2D eigenvalue weighted by Crippen LogP contribution is 1.83. The van der Waals surface area contributed by atoms with Crippen LogP contribution in [-0.2, 0) is 4.79 Å². The average molecular weight is 143 g/mol. The van der Waals surface area contributed by atoms with Gasteiger partial charge in [-0.2, -0.15) is 0 Å². The molecular formula is C7H13NO2. The predicted octanol–water partition coefficient (Wildman–Crippen LogP) is 0.579. The summed E-state index contributed by atoms with van der Waals surface area (Å²) in [5.41, 5.74) is 0. The molecule has 0 saturated heterocycles. The zero-order chi connectivity index (χ0) is 7.98. The normalized spacial score (nSPS) is 11.1. The van der Waals surface area contributed by atoms with Gasteiger partial charge in [-0.15, -0.1) is 0 Å². The van der Waals surface area contributed by atoms with Crippen molar-refractivity contribution in [2.24, 2.45) is 0 Å². The van der Waals surface area contributed by atoms with Gasteiger partial charge < -0.3 is 10.0 Å². The summed E-state index contributed by atoms with van der Waals surface area (Å²) in [6.45, 7) is 0.799. The van der Waals surface area contributed by atoms with E-state index in [2.05, 4.69) is 0 Å². The van der Waals surface area contributed by atoms with Crippen LogP contribution in [0.2, 0.25) is 0 Å². The third-order valence-electron chi connectivity index (χ3n) is 0.930. The number of likely N-dealkylation sites (N-methyl/N-ethyl adjacent to an activating group) is 1. The van der Waals surface area contributed by atoms with E-state index in [1.54, 1.807) is 6.08 Å². The van der Waals surface area contributed by atoms with Crippen LogP contribution in [0.15, 0.2) is 12.2 Å². The lowest BCUT2D eigenvalue weighted by Crippen LogP contribution is -2.10. The van der Waals surface area contributed by atoms with Crippen LogP contribution in [0.1, 0.15) is 6.42 Å². The van der Waals surface area contributed by atoms with E-state index in [4.69, 9.17) is 5.11 Å². The molecule has 1 N–H and O–H groups in total. The van der Waals surface area contributed by atoms with Crippen molar-refractivity contribution in [1.82, 2.24) is 4.90 Å². The average Bonchev–Trinajstić information content (AvgIpc) is 1.79. The molecule has 0 rings (SSSR count). The molecule has 0 atom stereocenters. The van der Waals surface area contributed by atoms with E-state index in [1.165, 1.54) is 0 Å². The van der Waals surface area contributed by atoms with Crippen molar-refractivity contribution < 1.29 is 9.90 Å². The third-order valence-corrected chi connectivity index (χ3v) is 0.930. The van der Waals surface area contributed by atoms with Crippen molar-refractivity contribution in [2.75, 3.05) is 20.6 Å². The largest absolute Gasteiger partial charge is 0.481 e. The van der Waals surface area contributed by atoms with Gasteiger partial charge in [-0.05, 0) is 14.1 Å². The summed E-state index contributed by atoms with van der Waals surface area (Å²) >= 11 is 0. The maximum Gasteiger partial charge on any atom is 0.307 e. The minimum atomic E-state index is -0.782. The smallest absolute Gasteiger partial charge is 0.307 e. The van der Waals surface area contributed by atoms with E-state index in [1.807, 2.05) is 25.1 Å². The zero-order valence-electron chi connectivity index (χ0n) is 6.37. The molecule has 0 aliphatic rings. The molecule has 0 aromatic heterocycles. The van der Waals surface area contributed by atoms with Crippen LogP contribution >= 0.6 is 0 Å². The van der Waals surface area contributed by atoms with Crippen molar-refractivity contribution in [3.8, 4) is 0 Å². The fourth-order valence-electron chi connectivity index (χ4n) is 0.470. The Kier molecular flexibility index (Phi) is 4.58. The van der Waals surface area contributed by atoms with Crippen molar-refractivity contribution in [3.05, 3.63) is 12.2 Å². The molecule has 3 nitrogen and oxygen atoms in total. The first-order valence-corrected chi connectivity index (χ1v) is 3.14. The highest BCUT2D eigenvalue weighted by Gasteiger charge is 1.88. The van der Waals surface area contributed by atoms with Gasteiger partial charge in [0.25, 0.3) is 0 Å². The molecule has 0 bridgehead atoms. The van der Waals surface area contributed by atoms with E-state index in [9.17, 15) is 4.79 Å². The molecule has 0 aliphatic carbocycles. The van der Waals surface area contributed by atoms with Crippen molar-refractivity contribution in [2.45, 2.75) is 6.42 Å². The Morgan fingerprint density at radius 3 is 2.50 bits per heavy atom. The Balaban J connectivity index is 3.29. The molecule has 0 spiro atoms. The van der Waals surface area contributed by atoms with Crippen LogP contribution in [0, 0.1) is 0 Å². The molecule has 10 heavy (non-hydrogen) atoms. The maximum atomic E-state index is 9.98. The van der Waals surface area contributed by atoms with Crippen molar-refractivity contribution >= 4 is 5.97 Å². The molecule has 0 aromatic rings. The van der Waals surface area contributed by atoms with Gasteiger partial charge in [0.15, 0.2) is 0 Å². The summed E-state index contributed by atoms with van der Waals surface area (Å²) in [7, 11) is 3.87. The van der Waals surface area contributed by atoms with Gasteiger partial charge in [-0.3, -0.25) is 4.79 Å². The van der Waals surface area contributed by atoms with Gasteiger partial charge in [-0.25, -0.2) is 0 Å². The Morgan fingerprint density at radius 2 is 2.10 bits per heavy atom. The number of hydrogen-bond acceptors (Lipinski definition) is 2. The molecule has 0 unspecified atom stereocenters. The lowest BCUT2D eigenvalue weighted by molar-refractivity contribution is -0.136. The lowest BCUT2D eigenvalue weighted by Gasteiger charge is -2.02. The molecule has 0 heterocycles. The number of aliphatic carboxylic acids is 1. The van der Waals surface area contributed by atoms with Gasteiger partial charge in [-0.1, -0.05) is 12.2 Å². The molecule has 3 heteroatoms. The number of carboxylic acids is 1. The molecule has 0 radical (unpaired) electrons. The SMILES string of the molecule is CN(C)C/C=C/CC(=O)O. The second kappa shape index (κ2) is 4.99. The lowest BCUT2D eigenvalue weighted by atomic mass is 10.4. The molecule has 0 fully saturated rings. The summed E-state index contributed by atoms with van der Waals surface area (Å²) < 4.78 is 0. The number of rotatable bonds is 4. The summed E-state index contributed by atoms with van der Waals surface area (Å²) in [4.78, 5) is 11.9. The zero-order valence-corrected chi connectivity index (χ0v) is 6.37. The summed E-state index contributed by atoms with van der Waals surface area (Å²) in [6.07, 6.45) is 3.62. The second-order valence-corrected chi connectivity index (χ2v) is 2.33. The maximum absolute atomic E-state index is 9.98. The van der Waals surface area contributed by atoms with Crippen LogP contribution in [0.5, 0.6) is 0 Å². The number of nitrogens with zero attached hydrogens (tertiary/aromatic N) is 1. The minimum absolute atomic E-state index is 0.119. The van der Waals surface area contributed by atoms with Crippen LogP contribution in [0.4, 0.5) is 0 Å². The van der Waals surface area contributed by atoms with Gasteiger partial charge in [0.05, 0.1) is 6.42 Å². The summed E-state index contributed by atoms with van der Waals surface area (Å²) in [5.74, 6) is -0.782. The van der Waals surface area contributed by atoms with E-state index in [-0.39, 0.29) is 6.42 Å². The first kappa shape index (κ1) is 9.17. The monoisotopic (exact) mass is 143 g/mol. The summed E-state index contributed by atoms with van der Waals surface area (Å²) in [6, 6.07) is 0. The quantitative estimate of drug-likeness (QED) is 0.585. The molecule has 58 valence electrons. The first-order valence-electron chi connectivity index (χ1n) is 3.14. The second-order valence-electron chi connectivity index (χ2n) is 2.33. The molecule has 0 aromatic carbocycles. The van der Waals surface area contributed by atoms with Crippen LogP contribution < -0.4 is 0 Å². The Morgan fingerprint density at radius 1 is 1.50 bits per heavy atom.